The van der Waals surface area contributed by atoms with Gasteiger partial charge in [0.05, 0.1) is 0 Å². The van der Waals surface area contributed by atoms with Gasteiger partial charge in [0.1, 0.15) is 12.4 Å². The molecule has 2 rings (SSSR count). The summed E-state index contributed by atoms with van der Waals surface area (Å²) in [5.41, 5.74) is 1.73. The highest BCUT2D eigenvalue weighted by Gasteiger charge is 2.13. The van der Waals surface area contributed by atoms with Crippen molar-refractivity contribution in [3.8, 4) is 5.75 Å². The van der Waals surface area contributed by atoms with Crippen LogP contribution in [0.25, 0.3) is 0 Å². The first-order valence-electron chi connectivity index (χ1n) is 8.03. The summed E-state index contributed by atoms with van der Waals surface area (Å²) in [7, 11) is 0. The van der Waals surface area contributed by atoms with E-state index in [0.29, 0.717) is 12.3 Å². The monoisotopic (exact) mass is 328 g/mol. The second-order valence-corrected chi connectivity index (χ2v) is 5.85. The number of amides is 2. The molecule has 2 aromatic carbocycles. The van der Waals surface area contributed by atoms with E-state index in [2.05, 4.69) is 10.6 Å². The van der Waals surface area contributed by atoms with Crippen LogP contribution in [0, 0.1) is 5.92 Å². The van der Waals surface area contributed by atoms with Crippen LogP contribution in [0.1, 0.15) is 19.4 Å². The molecule has 2 unspecified atom stereocenters. The lowest BCUT2D eigenvalue weighted by atomic mass is 10.1. The minimum atomic E-state index is -0.281. The standard InChI is InChI=1S/C19H24N2O3/c1-14(12-22)15(2)20-19(23)21-17-10-8-16(9-11-17)13-24-18-6-4-3-5-7-18/h3-11,14-15,22H,12-13H2,1-2H3,(H2,20,21,23). The van der Waals surface area contributed by atoms with Crippen LogP contribution >= 0.6 is 0 Å². The van der Waals surface area contributed by atoms with Gasteiger partial charge in [-0.15, -0.1) is 0 Å². The summed E-state index contributed by atoms with van der Waals surface area (Å²) in [5.74, 6) is 0.833. The van der Waals surface area contributed by atoms with Gasteiger partial charge in [0.15, 0.2) is 0 Å². The summed E-state index contributed by atoms with van der Waals surface area (Å²) in [6.45, 7) is 4.26. The molecule has 2 amide bonds. The van der Waals surface area contributed by atoms with Crippen molar-refractivity contribution >= 4 is 11.7 Å². The molecule has 24 heavy (non-hydrogen) atoms. The first kappa shape index (κ1) is 17.8. The number of carbonyl (C=O) groups excluding carboxylic acids is 1. The number of aliphatic hydroxyl groups excluding tert-OH is 1. The Labute approximate surface area is 142 Å². The van der Waals surface area contributed by atoms with Crippen molar-refractivity contribution in [3.05, 3.63) is 60.2 Å². The molecule has 0 saturated carbocycles. The third-order valence-electron chi connectivity index (χ3n) is 3.86. The molecule has 0 spiro atoms. The average Bonchev–Trinajstić information content (AvgIpc) is 2.61. The Morgan fingerprint density at radius 2 is 1.75 bits per heavy atom. The van der Waals surface area contributed by atoms with Crippen molar-refractivity contribution in [1.29, 1.82) is 0 Å². The average molecular weight is 328 g/mol. The number of anilines is 1. The van der Waals surface area contributed by atoms with Crippen LogP contribution in [-0.4, -0.2) is 23.8 Å². The minimum absolute atomic E-state index is 0.00765. The normalized spacial score (nSPS) is 13.0. The fourth-order valence-corrected chi connectivity index (χ4v) is 2.04. The molecule has 0 aliphatic rings. The number of urea groups is 1. The zero-order valence-corrected chi connectivity index (χ0v) is 14.0. The molecule has 0 aliphatic heterocycles. The van der Waals surface area contributed by atoms with Gasteiger partial charge in [-0.2, -0.15) is 0 Å². The number of carbonyl (C=O) groups is 1. The van der Waals surface area contributed by atoms with Gasteiger partial charge in [0.25, 0.3) is 0 Å². The maximum Gasteiger partial charge on any atom is 0.319 e. The predicted octanol–water partition coefficient (Wildman–Crippen LogP) is 3.40. The largest absolute Gasteiger partial charge is 0.489 e. The molecule has 0 bridgehead atoms. The summed E-state index contributed by atoms with van der Waals surface area (Å²) >= 11 is 0. The number of para-hydroxylation sites is 1. The topological polar surface area (TPSA) is 70.6 Å². The molecule has 128 valence electrons. The highest BCUT2D eigenvalue weighted by atomic mass is 16.5. The molecular formula is C19H24N2O3. The first-order chi connectivity index (χ1) is 11.6. The van der Waals surface area contributed by atoms with Gasteiger partial charge in [-0.3, -0.25) is 0 Å². The summed E-state index contributed by atoms with van der Waals surface area (Å²) in [4.78, 5) is 11.9. The Kier molecular flexibility index (Phi) is 6.63. The molecule has 2 atom stereocenters. The van der Waals surface area contributed by atoms with Crippen LogP contribution < -0.4 is 15.4 Å². The smallest absolute Gasteiger partial charge is 0.319 e. The van der Waals surface area contributed by atoms with Crippen molar-refractivity contribution in [1.82, 2.24) is 5.32 Å². The van der Waals surface area contributed by atoms with E-state index in [1.165, 1.54) is 0 Å². The molecule has 5 nitrogen and oxygen atoms in total. The first-order valence-corrected chi connectivity index (χ1v) is 8.03. The van der Waals surface area contributed by atoms with E-state index in [-0.39, 0.29) is 24.6 Å². The molecule has 0 fully saturated rings. The SMILES string of the molecule is CC(CO)C(C)NC(=O)Nc1ccc(COc2ccccc2)cc1. The van der Waals surface area contributed by atoms with Gasteiger partial charge < -0.3 is 20.5 Å². The number of ether oxygens (including phenoxy) is 1. The van der Waals surface area contributed by atoms with Crippen LogP contribution in [-0.2, 0) is 6.61 Å². The van der Waals surface area contributed by atoms with Crippen molar-refractivity contribution in [2.24, 2.45) is 5.92 Å². The number of hydrogen-bond donors (Lipinski definition) is 3. The van der Waals surface area contributed by atoms with Crippen molar-refractivity contribution < 1.29 is 14.6 Å². The van der Waals surface area contributed by atoms with E-state index < -0.39 is 0 Å². The maximum atomic E-state index is 11.9. The van der Waals surface area contributed by atoms with Crippen LogP contribution in [0.5, 0.6) is 5.75 Å². The Morgan fingerprint density at radius 3 is 2.38 bits per heavy atom. The Hall–Kier alpha value is -2.53. The molecule has 5 heteroatoms. The number of nitrogens with one attached hydrogen (secondary N) is 2. The highest BCUT2D eigenvalue weighted by Crippen LogP contribution is 2.14. The van der Waals surface area contributed by atoms with Crippen molar-refractivity contribution in [3.63, 3.8) is 0 Å². The summed E-state index contributed by atoms with van der Waals surface area (Å²) in [6, 6.07) is 16.7. The van der Waals surface area contributed by atoms with Crippen LogP contribution in [0.2, 0.25) is 0 Å². The number of hydrogen-bond acceptors (Lipinski definition) is 3. The number of rotatable bonds is 7. The Morgan fingerprint density at radius 1 is 1.08 bits per heavy atom. The Bertz CT molecular complexity index is 629. The zero-order valence-electron chi connectivity index (χ0n) is 14.0. The Balaban J connectivity index is 1.82. The van der Waals surface area contributed by atoms with Crippen molar-refractivity contribution in [2.75, 3.05) is 11.9 Å². The lowest BCUT2D eigenvalue weighted by Crippen LogP contribution is -2.40. The van der Waals surface area contributed by atoms with E-state index in [1.54, 1.807) is 0 Å². The molecule has 2 aromatic rings. The zero-order chi connectivity index (χ0) is 17.4. The van der Waals surface area contributed by atoms with Crippen molar-refractivity contribution in [2.45, 2.75) is 26.5 Å². The van der Waals surface area contributed by atoms with Crippen LogP contribution in [0.15, 0.2) is 54.6 Å². The van der Waals surface area contributed by atoms with Gasteiger partial charge >= 0.3 is 6.03 Å². The second-order valence-electron chi connectivity index (χ2n) is 5.85. The number of benzene rings is 2. The second kappa shape index (κ2) is 8.93. The van der Waals surface area contributed by atoms with Gasteiger partial charge in [0.2, 0.25) is 0 Å². The molecule has 0 saturated heterocycles. The third kappa shape index (κ3) is 5.59. The van der Waals surface area contributed by atoms with Gasteiger partial charge in [-0.1, -0.05) is 37.3 Å². The van der Waals surface area contributed by atoms with Gasteiger partial charge in [0, 0.05) is 18.3 Å². The predicted molar refractivity (Wildman–Crippen MR) is 95.1 cm³/mol. The van der Waals surface area contributed by atoms with E-state index in [1.807, 2.05) is 68.4 Å². The van der Waals surface area contributed by atoms with Gasteiger partial charge in [-0.05, 0) is 42.7 Å². The fraction of sp³-hybridized carbons (Fsp3) is 0.316. The minimum Gasteiger partial charge on any atom is -0.489 e. The lowest BCUT2D eigenvalue weighted by Gasteiger charge is -2.19. The third-order valence-corrected chi connectivity index (χ3v) is 3.86. The molecule has 0 aliphatic carbocycles. The lowest BCUT2D eigenvalue weighted by molar-refractivity contribution is 0.204. The molecule has 0 aromatic heterocycles. The number of aliphatic hydroxyl groups is 1. The van der Waals surface area contributed by atoms with Crippen LogP contribution in [0.4, 0.5) is 10.5 Å². The summed E-state index contributed by atoms with van der Waals surface area (Å²) < 4.78 is 5.68. The molecule has 0 radical (unpaired) electrons. The van der Waals surface area contributed by atoms with E-state index in [0.717, 1.165) is 11.3 Å². The van der Waals surface area contributed by atoms with E-state index >= 15 is 0 Å². The molecular weight excluding hydrogens is 304 g/mol. The van der Waals surface area contributed by atoms with E-state index in [9.17, 15) is 4.79 Å². The molecule has 3 N–H and O–H groups in total. The fourth-order valence-electron chi connectivity index (χ4n) is 2.04. The van der Waals surface area contributed by atoms with Gasteiger partial charge in [-0.25, -0.2) is 4.79 Å². The highest BCUT2D eigenvalue weighted by molar-refractivity contribution is 5.89. The summed E-state index contributed by atoms with van der Waals surface area (Å²) in [6.07, 6.45) is 0. The van der Waals surface area contributed by atoms with E-state index in [4.69, 9.17) is 9.84 Å². The quantitative estimate of drug-likeness (QED) is 0.729. The van der Waals surface area contributed by atoms with Crippen LogP contribution in [0.3, 0.4) is 0 Å². The molecule has 0 heterocycles. The summed E-state index contributed by atoms with van der Waals surface area (Å²) in [5, 5.41) is 14.7. The maximum absolute atomic E-state index is 11.9.